The minimum absolute atomic E-state index is 0.0834. The number of halogens is 1. The number of carbonyl (C=O) groups is 1. The van der Waals surface area contributed by atoms with Crippen molar-refractivity contribution in [2.45, 2.75) is 12.6 Å². The van der Waals surface area contributed by atoms with E-state index in [1.165, 1.54) is 10.8 Å². The number of fused-ring (bicyclic) bond motifs is 1. The van der Waals surface area contributed by atoms with Gasteiger partial charge in [-0.2, -0.15) is 0 Å². The van der Waals surface area contributed by atoms with E-state index in [4.69, 9.17) is 9.47 Å². The number of carbonyl (C=O) groups excluding carboxylic acids is 1. The standard InChI is InChI=1S/C13H11BrN4O5/c14-8-2-1-3-9(4-8)15-13(19)23-10-5-17-6-11(18(20)21)16-12(17)22-7-10/h1-4,6,10H,5,7H2,(H,15,19)/t10-/m0/s1. The monoisotopic (exact) mass is 382 g/mol. The number of benzene rings is 1. The van der Waals surface area contributed by atoms with Gasteiger partial charge in [-0.05, 0) is 23.1 Å². The summed E-state index contributed by atoms with van der Waals surface area (Å²) in [6.45, 7) is 0.322. The van der Waals surface area contributed by atoms with Gasteiger partial charge in [0, 0.05) is 15.1 Å². The van der Waals surface area contributed by atoms with Crippen LogP contribution in [0.5, 0.6) is 6.01 Å². The molecule has 10 heteroatoms. The highest BCUT2D eigenvalue weighted by Gasteiger charge is 2.29. The molecule has 23 heavy (non-hydrogen) atoms. The number of nitrogens with one attached hydrogen (secondary N) is 1. The van der Waals surface area contributed by atoms with Crippen LogP contribution in [0.4, 0.5) is 16.3 Å². The molecule has 9 nitrogen and oxygen atoms in total. The number of nitro groups is 1. The number of anilines is 1. The summed E-state index contributed by atoms with van der Waals surface area (Å²) in [4.78, 5) is 25.7. The third-order valence-electron chi connectivity index (χ3n) is 3.06. The average Bonchev–Trinajstić information content (AvgIpc) is 2.90. The molecule has 0 fully saturated rings. The van der Waals surface area contributed by atoms with E-state index in [-0.39, 0.29) is 25.0 Å². The van der Waals surface area contributed by atoms with Gasteiger partial charge in [0.15, 0.2) is 6.10 Å². The molecule has 0 spiro atoms. The lowest BCUT2D eigenvalue weighted by Gasteiger charge is -2.22. The summed E-state index contributed by atoms with van der Waals surface area (Å²) < 4.78 is 12.8. The van der Waals surface area contributed by atoms with Crippen molar-refractivity contribution in [1.29, 1.82) is 0 Å². The topological polar surface area (TPSA) is 109 Å². The van der Waals surface area contributed by atoms with Gasteiger partial charge in [0.05, 0.1) is 6.54 Å². The summed E-state index contributed by atoms with van der Waals surface area (Å²) in [5.41, 5.74) is 0.583. The molecule has 1 aliphatic rings. The fourth-order valence-electron chi connectivity index (χ4n) is 2.10. The fourth-order valence-corrected chi connectivity index (χ4v) is 2.49. The molecule has 0 aliphatic carbocycles. The molecule has 3 rings (SSSR count). The van der Waals surface area contributed by atoms with Crippen molar-refractivity contribution in [2.24, 2.45) is 0 Å². The molecule has 0 saturated heterocycles. The summed E-state index contributed by atoms with van der Waals surface area (Å²) in [6, 6.07) is 7.21. The van der Waals surface area contributed by atoms with Crippen molar-refractivity contribution in [2.75, 3.05) is 11.9 Å². The normalized spacial score (nSPS) is 16.1. The largest absolute Gasteiger partial charge is 0.442 e. The Kier molecular flexibility index (Phi) is 4.15. The van der Waals surface area contributed by atoms with E-state index in [0.29, 0.717) is 5.69 Å². The van der Waals surface area contributed by atoms with Gasteiger partial charge >= 0.3 is 17.9 Å². The van der Waals surface area contributed by atoms with E-state index in [1.54, 1.807) is 18.2 Å². The molecule has 0 unspecified atom stereocenters. The Morgan fingerprint density at radius 1 is 1.57 bits per heavy atom. The minimum atomic E-state index is -0.630. The summed E-state index contributed by atoms with van der Waals surface area (Å²) in [6.07, 6.45) is 0.0510. The number of rotatable bonds is 3. The van der Waals surface area contributed by atoms with Crippen molar-refractivity contribution in [3.8, 4) is 6.01 Å². The number of nitrogens with zero attached hydrogens (tertiary/aromatic N) is 3. The quantitative estimate of drug-likeness (QED) is 0.645. The molecule has 2 heterocycles. The molecule has 0 bridgehead atoms. The van der Waals surface area contributed by atoms with Gasteiger partial charge in [-0.1, -0.05) is 22.0 Å². The van der Waals surface area contributed by atoms with E-state index in [0.717, 1.165) is 4.47 Å². The molecule has 0 saturated carbocycles. The summed E-state index contributed by atoms with van der Waals surface area (Å²) in [7, 11) is 0. The first-order valence-electron chi connectivity index (χ1n) is 6.59. The van der Waals surface area contributed by atoms with Gasteiger partial charge in [-0.25, -0.2) is 4.79 Å². The fraction of sp³-hybridized carbons (Fsp3) is 0.231. The first-order valence-corrected chi connectivity index (χ1v) is 7.38. The number of ether oxygens (including phenoxy) is 2. The van der Waals surface area contributed by atoms with Gasteiger partial charge in [-0.15, -0.1) is 0 Å². The molecule has 0 radical (unpaired) electrons. The lowest BCUT2D eigenvalue weighted by atomic mass is 10.3. The Balaban J connectivity index is 1.60. The molecule has 1 aromatic heterocycles. The van der Waals surface area contributed by atoms with E-state index in [2.05, 4.69) is 26.2 Å². The highest BCUT2D eigenvalue weighted by Crippen LogP contribution is 2.22. The number of hydrogen-bond acceptors (Lipinski definition) is 6. The van der Waals surface area contributed by atoms with Crippen LogP contribution in [0, 0.1) is 10.1 Å². The SMILES string of the molecule is O=C(Nc1cccc(Br)c1)O[C@@H]1COc2nc([N+](=O)[O-])cn2C1. The highest BCUT2D eigenvalue weighted by atomic mass is 79.9. The Morgan fingerprint density at radius 2 is 2.39 bits per heavy atom. The van der Waals surface area contributed by atoms with Crippen molar-refractivity contribution in [1.82, 2.24) is 9.55 Å². The predicted molar refractivity (Wildman–Crippen MR) is 82.4 cm³/mol. The van der Waals surface area contributed by atoms with Gasteiger partial charge in [0.25, 0.3) is 0 Å². The van der Waals surface area contributed by atoms with Crippen molar-refractivity contribution in [3.05, 3.63) is 45.0 Å². The number of hydrogen-bond donors (Lipinski definition) is 1. The van der Waals surface area contributed by atoms with Crippen LogP contribution in [0.2, 0.25) is 0 Å². The van der Waals surface area contributed by atoms with Crippen LogP contribution in [0.15, 0.2) is 34.9 Å². The third kappa shape index (κ3) is 3.59. The molecule has 1 atom stereocenters. The van der Waals surface area contributed by atoms with Crippen LogP contribution in [-0.4, -0.2) is 33.3 Å². The lowest BCUT2D eigenvalue weighted by Crippen LogP contribution is -2.35. The van der Waals surface area contributed by atoms with Gasteiger partial charge in [-0.3, -0.25) is 9.88 Å². The van der Waals surface area contributed by atoms with Crippen LogP contribution in [0.25, 0.3) is 0 Å². The van der Waals surface area contributed by atoms with Crippen LogP contribution in [-0.2, 0) is 11.3 Å². The smallest absolute Gasteiger partial charge is 0.414 e. The third-order valence-corrected chi connectivity index (χ3v) is 3.55. The van der Waals surface area contributed by atoms with E-state index in [9.17, 15) is 14.9 Å². The number of amides is 1. The first kappa shape index (κ1) is 15.3. The molecule has 2 aromatic rings. The Hall–Kier alpha value is -2.62. The molecule has 1 amide bonds. The maximum Gasteiger partial charge on any atom is 0.414 e. The minimum Gasteiger partial charge on any atom is -0.442 e. The van der Waals surface area contributed by atoms with E-state index >= 15 is 0 Å². The van der Waals surface area contributed by atoms with Crippen LogP contribution < -0.4 is 10.1 Å². The van der Waals surface area contributed by atoms with Crippen LogP contribution in [0.3, 0.4) is 0 Å². The Morgan fingerprint density at radius 3 is 3.13 bits per heavy atom. The lowest BCUT2D eigenvalue weighted by molar-refractivity contribution is -0.389. The maximum absolute atomic E-state index is 11.9. The molecule has 1 N–H and O–H groups in total. The van der Waals surface area contributed by atoms with Gasteiger partial charge < -0.3 is 19.6 Å². The Bertz CT molecular complexity index is 763. The average molecular weight is 383 g/mol. The number of aromatic nitrogens is 2. The molecular weight excluding hydrogens is 372 g/mol. The zero-order valence-electron chi connectivity index (χ0n) is 11.6. The molecule has 1 aromatic carbocycles. The van der Waals surface area contributed by atoms with Gasteiger partial charge in [0.2, 0.25) is 0 Å². The predicted octanol–water partition coefficient (Wildman–Crippen LogP) is 2.56. The zero-order valence-corrected chi connectivity index (χ0v) is 13.2. The van der Waals surface area contributed by atoms with Crippen molar-refractivity contribution < 1.29 is 19.2 Å². The second kappa shape index (κ2) is 6.24. The number of imidazole rings is 1. The highest BCUT2D eigenvalue weighted by molar-refractivity contribution is 9.10. The first-order chi connectivity index (χ1) is 11.0. The van der Waals surface area contributed by atoms with Crippen LogP contribution >= 0.6 is 15.9 Å². The molecular formula is C13H11BrN4O5. The van der Waals surface area contributed by atoms with E-state index in [1.807, 2.05) is 6.07 Å². The molecule has 120 valence electrons. The zero-order chi connectivity index (χ0) is 16.4. The summed E-state index contributed by atoms with van der Waals surface area (Å²) >= 11 is 3.31. The van der Waals surface area contributed by atoms with E-state index < -0.39 is 17.1 Å². The van der Waals surface area contributed by atoms with Crippen molar-refractivity contribution in [3.63, 3.8) is 0 Å². The second-order valence-electron chi connectivity index (χ2n) is 4.76. The van der Waals surface area contributed by atoms with Crippen molar-refractivity contribution >= 4 is 33.5 Å². The maximum atomic E-state index is 11.9. The summed E-state index contributed by atoms with van der Waals surface area (Å²) in [5.74, 6) is -0.306. The Labute approximate surface area is 138 Å². The van der Waals surface area contributed by atoms with Crippen LogP contribution in [0.1, 0.15) is 0 Å². The second-order valence-corrected chi connectivity index (χ2v) is 5.68. The van der Waals surface area contributed by atoms with Gasteiger partial charge in [0.1, 0.15) is 12.8 Å². The molecule has 1 aliphatic heterocycles. The summed E-state index contributed by atoms with van der Waals surface area (Å²) in [5, 5.41) is 13.3.